The summed E-state index contributed by atoms with van der Waals surface area (Å²) >= 11 is 0. The van der Waals surface area contributed by atoms with Crippen molar-refractivity contribution < 1.29 is 14.9 Å². The number of ether oxygens (including phenoxy) is 1. The minimum atomic E-state index is -0.241. The van der Waals surface area contributed by atoms with E-state index in [4.69, 9.17) is 11.2 Å². The summed E-state index contributed by atoms with van der Waals surface area (Å²) in [5, 5.41) is 19.8. The molecule has 0 aromatic carbocycles. The van der Waals surface area contributed by atoms with Gasteiger partial charge in [0, 0.05) is 0 Å². The Balaban J connectivity index is 2.22. The van der Waals surface area contributed by atoms with Gasteiger partial charge in [0.2, 0.25) is 11.8 Å². The average molecular weight is 203 g/mol. The van der Waals surface area contributed by atoms with Crippen LogP contribution in [0, 0.1) is 12.3 Å². The van der Waals surface area contributed by atoms with Gasteiger partial charge in [-0.15, -0.1) is 6.42 Å². The Hall–Kier alpha value is -1.86. The number of hydrogen-bond donors (Lipinski definition) is 2. The van der Waals surface area contributed by atoms with E-state index in [1.807, 2.05) is 12.2 Å². The molecule has 1 aromatic rings. The van der Waals surface area contributed by atoms with Gasteiger partial charge in [-0.25, -0.2) is 0 Å². The van der Waals surface area contributed by atoms with Crippen molar-refractivity contribution in [1.29, 1.82) is 0 Å². The molecule has 2 atom stereocenters. The number of terminal acetylenes is 1. The molecular formula is C11H9NO3. The Bertz CT molecular complexity index is 471. The van der Waals surface area contributed by atoms with E-state index in [2.05, 4.69) is 5.92 Å². The minimum Gasteiger partial charge on any atom is -0.494 e. The topological polar surface area (TPSA) is 54.6 Å². The third-order valence-corrected chi connectivity index (χ3v) is 2.86. The molecule has 0 radical (unpaired) electrons. The molecule has 0 amide bonds. The lowest BCUT2D eigenvalue weighted by Gasteiger charge is -2.06. The van der Waals surface area contributed by atoms with Crippen LogP contribution in [0.25, 0.3) is 0 Å². The predicted octanol–water partition coefficient (Wildman–Crippen LogP) is 1.21. The predicted molar refractivity (Wildman–Crippen MR) is 52.3 cm³/mol. The summed E-state index contributed by atoms with van der Waals surface area (Å²) in [5.74, 6) is 2.41. The molecule has 1 aromatic heterocycles. The lowest BCUT2D eigenvalue weighted by atomic mass is 10.0. The van der Waals surface area contributed by atoms with Crippen LogP contribution in [0.4, 0.5) is 0 Å². The number of hydrogen-bond acceptors (Lipinski definition) is 3. The van der Waals surface area contributed by atoms with Crippen LogP contribution in [0.3, 0.4) is 0 Å². The minimum absolute atomic E-state index is 0.0114. The van der Waals surface area contributed by atoms with Gasteiger partial charge in [0.25, 0.3) is 0 Å². The van der Waals surface area contributed by atoms with E-state index in [1.165, 1.54) is 4.57 Å². The van der Waals surface area contributed by atoms with E-state index in [1.54, 1.807) is 0 Å². The zero-order chi connectivity index (χ0) is 10.6. The molecular weight excluding hydrogens is 194 g/mol. The zero-order valence-corrected chi connectivity index (χ0v) is 7.84. The van der Waals surface area contributed by atoms with Crippen LogP contribution in [0.2, 0.25) is 0 Å². The summed E-state index contributed by atoms with van der Waals surface area (Å²) in [4.78, 5) is 0. The Labute approximate surface area is 86.4 Å². The first kappa shape index (κ1) is 8.45. The van der Waals surface area contributed by atoms with Crippen molar-refractivity contribution in [1.82, 2.24) is 4.57 Å². The maximum absolute atomic E-state index is 9.88. The summed E-state index contributed by atoms with van der Waals surface area (Å²) in [6, 6.07) is 0. The molecule has 76 valence electrons. The first-order valence-corrected chi connectivity index (χ1v) is 4.65. The molecule has 0 spiro atoms. The molecule has 0 fully saturated rings. The van der Waals surface area contributed by atoms with Gasteiger partial charge in [0.1, 0.15) is 12.2 Å². The van der Waals surface area contributed by atoms with Gasteiger partial charge in [-0.1, -0.05) is 18.1 Å². The largest absolute Gasteiger partial charge is 0.494 e. The summed E-state index contributed by atoms with van der Waals surface area (Å²) in [5.41, 5.74) is 1.30. The van der Waals surface area contributed by atoms with Crippen LogP contribution < -0.4 is 0 Å². The Morgan fingerprint density at radius 2 is 1.80 bits per heavy atom. The molecule has 0 aliphatic carbocycles. The third-order valence-electron chi connectivity index (χ3n) is 2.86. The van der Waals surface area contributed by atoms with Crippen molar-refractivity contribution in [3.8, 4) is 24.1 Å². The highest BCUT2D eigenvalue weighted by Crippen LogP contribution is 2.54. The van der Waals surface area contributed by atoms with Crippen molar-refractivity contribution in [3.63, 3.8) is 0 Å². The van der Waals surface area contributed by atoms with Crippen LogP contribution >= 0.6 is 0 Å². The molecule has 0 saturated heterocycles. The standard InChI is InChI=1S/C11H9NO3/c1-2-5-12-10(13)8-6-3-4-7(15-6)9(8)11(12)14/h1,3-4,6-7,13-14H,5H2/t6-,7+. The maximum Gasteiger partial charge on any atom is 0.201 e. The van der Waals surface area contributed by atoms with Crippen molar-refractivity contribution >= 4 is 0 Å². The molecule has 2 N–H and O–H groups in total. The Morgan fingerprint density at radius 1 is 1.27 bits per heavy atom. The van der Waals surface area contributed by atoms with E-state index >= 15 is 0 Å². The van der Waals surface area contributed by atoms with Crippen LogP contribution in [-0.2, 0) is 11.3 Å². The van der Waals surface area contributed by atoms with Gasteiger partial charge in [-0.05, 0) is 0 Å². The Kier molecular flexibility index (Phi) is 1.46. The fourth-order valence-corrected chi connectivity index (χ4v) is 2.21. The molecule has 0 unspecified atom stereocenters. The summed E-state index contributed by atoms with van der Waals surface area (Å²) < 4.78 is 6.80. The number of nitrogens with zero attached hydrogens (tertiary/aromatic N) is 1. The lowest BCUT2D eigenvalue weighted by Crippen LogP contribution is -1.97. The van der Waals surface area contributed by atoms with Crippen LogP contribution in [-0.4, -0.2) is 14.8 Å². The van der Waals surface area contributed by atoms with E-state index in [9.17, 15) is 10.2 Å². The quantitative estimate of drug-likeness (QED) is 0.533. The molecule has 2 aliphatic rings. The molecule has 15 heavy (non-hydrogen) atoms. The molecule has 4 heteroatoms. The summed E-state index contributed by atoms with van der Waals surface area (Å²) in [6.07, 6.45) is 8.42. The Morgan fingerprint density at radius 3 is 2.27 bits per heavy atom. The lowest BCUT2D eigenvalue weighted by molar-refractivity contribution is 0.0838. The number of aromatic nitrogens is 1. The van der Waals surface area contributed by atoms with Gasteiger partial charge < -0.3 is 14.9 Å². The SMILES string of the molecule is C#CCn1c(O)c2c(c1O)[C@H]1C=C[C@@H]2O1. The van der Waals surface area contributed by atoms with Crippen molar-refractivity contribution in [2.24, 2.45) is 0 Å². The van der Waals surface area contributed by atoms with Gasteiger partial charge in [-0.3, -0.25) is 4.57 Å². The second-order valence-electron chi connectivity index (χ2n) is 3.63. The second-order valence-corrected chi connectivity index (χ2v) is 3.63. The third kappa shape index (κ3) is 0.858. The van der Waals surface area contributed by atoms with Crippen LogP contribution in [0.1, 0.15) is 23.3 Å². The molecule has 0 saturated carbocycles. The van der Waals surface area contributed by atoms with Gasteiger partial charge in [-0.2, -0.15) is 0 Å². The molecule has 2 aliphatic heterocycles. The van der Waals surface area contributed by atoms with Crippen molar-refractivity contribution in [3.05, 3.63) is 23.3 Å². The highest BCUT2D eigenvalue weighted by molar-refractivity contribution is 5.55. The number of fused-ring (bicyclic) bond motifs is 5. The first-order chi connectivity index (χ1) is 7.24. The van der Waals surface area contributed by atoms with Crippen molar-refractivity contribution in [2.45, 2.75) is 18.8 Å². The van der Waals surface area contributed by atoms with Gasteiger partial charge >= 0.3 is 0 Å². The summed E-state index contributed by atoms with van der Waals surface area (Å²) in [6.45, 7) is 0.157. The van der Waals surface area contributed by atoms with Gasteiger partial charge in [0.05, 0.1) is 17.7 Å². The smallest absolute Gasteiger partial charge is 0.201 e. The monoisotopic (exact) mass is 203 g/mol. The van der Waals surface area contributed by atoms with Crippen LogP contribution in [0.15, 0.2) is 12.2 Å². The fourth-order valence-electron chi connectivity index (χ4n) is 2.21. The summed E-state index contributed by atoms with van der Waals surface area (Å²) in [7, 11) is 0. The second kappa shape index (κ2) is 2.59. The average Bonchev–Trinajstić information content (AvgIpc) is 2.87. The van der Waals surface area contributed by atoms with Gasteiger partial charge in [0.15, 0.2) is 0 Å². The van der Waals surface area contributed by atoms with E-state index in [0.29, 0.717) is 11.1 Å². The maximum atomic E-state index is 9.88. The number of aromatic hydroxyl groups is 2. The zero-order valence-electron chi connectivity index (χ0n) is 7.84. The molecule has 3 rings (SSSR count). The van der Waals surface area contributed by atoms with E-state index in [0.717, 1.165) is 0 Å². The van der Waals surface area contributed by atoms with Crippen molar-refractivity contribution in [2.75, 3.05) is 0 Å². The highest BCUT2D eigenvalue weighted by Gasteiger charge is 2.41. The van der Waals surface area contributed by atoms with Crippen LogP contribution in [0.5, 0.6) is 11.8 Å². The highest BCUT2D eigenvalue weighted by atomic mass is 16.5. The molecule has 2 bridgehead atoms. The van der Waals surface area contributed by atoms with E-state index < -0.39 is 0 Å². The molecule has 3 heterocycles. The first-order valence-electron chi connectivity index (χ1n) is 4.65. The fraction of sp³-hybridized carbons (Fsp3) is 0.273. The normalized spacial score (nSPS) is 25.5. The van der Waals surface area contributed by atoms with E-state index in [-0.39, 0.29) is 30.5 Å². The molecule has 4 nitrogen and oxygen atoms in total. The number of rotatable bonds is 1.